The maximum Gasteiger partial charge on any atom is 0.274 e. The van der Waals surface area contributed by atoms with Crippen LogP contribution in [0.25, 0.3) is 28.3 Å². The molecular formula is C19H16N4OS. The van der Waals surface area contributed by atoms with Crippen LogP contribution in [0.15, 0.2) is 46.7 Å². The van der Waals surface area contributed by atoms with Gasteiger partial charge in [-0.3, -0.25) is 9.36 Å². The average Bonchev–Trinajstić information content (AvgIpc) is 3.21. The molecular weight excluding hydrogens is 332 g/mol. The molecule has 124 valence electrons. The smallest absolute Gasteiger partial charge is 0.274 e. The number of aryl methyl sites for hydroxylation is 1. The van der Waals surface area contributed by atoms with E-state index in [4.69, 9.17) is 0 Å². The van der Waals surface area contributed by atoms with Gasteiger partial charge in [0.15, 0.2) is 5.13 Å². The van der Waals surface area contributed by atoms with Crippen LogP contribution in [-0.2, 0) is 0 Å². The van der Waals surface area contributed by atoms with E-state index in [1.165, 1.54) is 0 Å². The van der Waals surface area contributed by atoms with Crippen molar-refractivity contribution in [1.29, 1.82) is 0 Å². The number of aromatic amines is 1. The van der Waals surface area contributed by atoms with Crippen LogP contribution in [0.2, 0.25) is 0 Å². The maximum atomic E-state index is 12.2. The number of benzene rings is 1. The van der Waals surface area contributed by atoms with Crippen LogP contribution in [0, 0.1) is 13.8 Å². The molecule has 0 aliphatic carbocycles. The largest absolute Gasteiger partial charge is 0.319 e. The van der Waals surface area contributed by atoms with Crippen molar-refractivity contribution in [2.24, 2.45) is 0 Å². The standard InChI is InChI=1S/C19H16N4OS/c1-12-11-14(13(2)23(12)19-20-9-10-25-19)7-8-17-18(24)22-16-6-4-3-5-15(16)21-17/h3-11H,1-2H3,(H,22,24)/b8-7+. The van der Waals surface area contributed by atoms with Crippen molar-refractivity contribution in [3.05, 3.63) is 74.9 Å². The minimum atomic E-state index is -0.191. The van der Waals surface area contributed by atoms with E-state index in [0.29, 0.717) is 5.69 Å². The zero-order valence-corrected chi connectivity index (χ0v) is 14.7. The van der Waals surface area contributed by atoms with Gasteiger partial charge in [-0.1, -0.05) is 18.2 Å². The Morgan fingerprint density at radius 3 is 2.84 bits per heavy atom. The van der Waals surface area contributed by atoms with Gasteiger partial charge >= 0.3 is 0 Å². The van der Waals surface area contributed by atoms with Gasteiger partial charge in [-0.2, -0.15) is 0 Å². The lowest BCUT2D eigenvalue weighted by Gasteiger charge is -2.04. The van der Waals surface area contributed by atoms with Crippen LogP contribution in [-0.4, -0.2) is 19.5 Å². The first-order valence-electron chi connectivity index (χ1n) is 7.89. The summed E-state index contributed by atoms with van der Waals surface area (Å²) in [6.45, 7) is 4.10. The van der Waals surface area contributed by atoms with Crippen molar-refractivity contribution < 1.29 is 0 Å². The van der Waals surface area contributed by atoms with Crippen LogP contribution in [0.5, 0.6) is 0 Å². The van der Waals surface area contributed by atoms with Crippen LogP contribution < -0.4 is 5.56 Å². The summed E-state index contributed by atoms with van der Waals surface area (Å²) in [5, 5.41) is 2.90. The summed E-state index contributed by atoms with van der Waals surface area (Å²) >= 11 is 1.60. The Morgan fingerprint density at radius 1 is 1.20 bits per heavy atom. The number of hydrogen-bond acceptors (Lipinski definition) is 4. The Morgan fingerprint density at radius 2 is 2.04 bits per heavy atom. The first kappa shape index (κ1) is 15.5. The van der Waals surface area contributed by atoms with Crippen molar-refractivity contribution in [2.45, 2.75) is 13.8 Å². The number of thiazole rings is 1. The number of rotatable bonds is 3. The van der Waals surface area contributed by atoms with Gasteiger partial charge < -0.3 is 4.98 Å². The van der Waals surface area contributed by atoms with Gasteiger partial charge in [0.1, 0.15) is 5.69 Å². The van der Waals surface area contributed by atoms with Gasteiger partial charge in [0.2, 0.25) is 0 Å². The number of nitrogens with one attached hydrogen (secondary N) is 1. The summed E-state index contributed by atoms with van der Waals surface area (Å²) in [5.74, 6) is 0. The molecule has 0 bridgehead atoms. The number of para-hydroxylation sites is 2. The molecule has 0 amide bonds. The molecule has 0 atom stereocenters. The Bertz CT molecular complexity index is 1140. The maximum absolute atomic E-state index is 12.2. The monoisotopic (exact) mass is 348 g/mol. The Labute approximate surface area is 148 Å². The van der Waals surface area contributed by atoms with E-state index in [9.17, 15) is 4.79 Å². The molecule has 0 fully saturated rings. The van der Waals surface area contributed by atoms with E-state index in [0.717, 1.165) is 33.1 Å². The summed E-state index contributed by atoms with van der Waals surface area (Å²) in [6, 6.07) is 9.60. The predicted molar refractivity (Wildman–Crippen MR) is 102 cm³/mol. The van der Waals surface area contributed by atoms with Crippen LogP contribution in [0.4, 0.5) is 0 Å². The molecule has 4 aromatic rings. The molecule has 0 unspecified atom stereocenters. The third-order valence-electron chi connectivity index (χ3n) is 4.13. The van der Waals surface area contributed by atoms with Crippen LogP contribution in [0.1, 0.15) is 22.6 Å². The topological polar surface area (TPSA) is 63.6 Å². The highest BCUT2D eigenvalue weighted by Crippen LogP contribution is 2.23. The molecule has 1 aromatic carbocycles. The number of hydrogen-bond donors (Lipinski definition) is 1. The van der Waals surface area contributed by atoms with Gasteiger partial charge in [-0.15, -0.1) is 11.3 Å². The molecule has 25 heavy (non-hydrogen) atoms. The molecule has 0 saturated heterocycles. The van der Waals surface area contributed by atoms with Crippen molar-refractivity contribution in [2.75, 3.05) is 0 Å². The first-order valence-corrected chi connectivity index (χ1v) is 8.77. The lowest BCUT2D eigenvalue weighted by molar-refractivity contribution is 0.949. The zero-order valence-electron chi connectivity index (χ0n) is 13.9. The number of fused-ring (bicyclic) bond motifs is 1. The van der Waals surface area contributed by atoms with E-state index in [-0.39, 0.29) is 5.56 Å². The lowest BCUT2D eigenvalue weighted by Crippen LogP contribution is -2.11. The SMILES string of the molecule is Cc1cc(/C=C/c2nc3ccccc3[nH]c2=O)c(C)n1-c1nccs1. The summed E-state index contributed by atoms with van der Waals surface area (Å²) in [4.78, 5) is 23.9. The summed E-state index contributed by atoms with van der Waals surface area (Å²) < 4.78 is 2.11. The van der Waals surface area contributed by atoms with Crippen molar-refractivity contribution >= 4 is 34.5 Å². The second-order valence-electron chi connectivity index (χ2n) is 5.78. The minimum absolute atomic E-state index is 0.191. The highest BCUT2D eigenvalue weighted by Gasteiger charge is 2.10. The van der Waals surface area contributed by atoms with E-state index in [1.807, 2.05) is 49.6 Å². The van der Waals surface area contributed by atoms with Gasteiger partial charge in [0.25, 0.3) is 5.56 Å². The molecule has 0 radical (unpaired) electrons. The fraction of sp³-hybridized carbons (Fsp3) is 0.105. The predicted octanol–water partition coefficient (Wildman–Crippen LogP) is 3.96. The minimum Gasteiger partial charge on any atom is -0.319 e. The molecule has 0 saturated carbocycles. The molecule has 4 rings (SSSR count). The fourth-order valence-electron chi connectivity index (χ4n) is 2.90. The molecule has 0 aliphatic rings. The fourth-order valence-corrected chi connectivity index (χ4v) is 3.65. The highest BCUT2D eigenvalue weighted by atomic mass is 32.1. The Hall–Kier alpha value is -2.99. The normalized spacial score (nSPS) is 11.6. The lowest BCUT2D eigenvalue weighted by atomic mass is 10.2. The first-order chi connectivity index (χ1) is 12.1. The molecule has 3 aromatic heterocycles. The van der Waals surface area contributed by atoms with Crippen LogP contribution in [0.3, 0.4) is 0 Å². The van der Waals surface area contributed by atoms with Gasteiger partial charge in [0.05, 0.1) is 11.0 Å². The van der Waals surface area contributed by atoms with Gasteiger partial charge in [0, 0.05) is 23.0 Å². The Balaban J connectivity index is 1.75. The third kappa shape index (κ3) is 2.81. The van der Waals surface area contributed by atoms with Crippen molar-refractivity contribution in [3.8, 4) is 5.13 Å². The number of H-pyrrole nitrogens is 1. The highest BCUT2D eigenvalue weighted by molar-refractivity contribution is 7.12. The van der Waals surface area contributed by atoms with Gasteiger partial charge in [-0.25, -0.2) is 9.97 Å². The van der Waals surface area contributed by atoms with Crippen molar-refractivity contribution in [3.63, 3.8) is 0 Å². The van der Waals surface area contributed by atoms with Crippen LogP contribution >= 0.6 is 11.3 Å². The third-order valence-corrected chi connectivity index (χ3v) is 4.88. The van der Waals surface area contributed by atoms with E-state index in [1.54, 1.807) is 23.6 Å². The van der Waals surface area contributed by atoms with Crippen molar-refractivity contribution in [1.82, 2.24) is 19.5 Å². The average molecular weight is 348 g/mol. The summed E-state index contributed by atoms with van der Waals surface area (Å²) in [5.41, 5.74) is 4.96. The summed E-state index contributed by atoms with van der Waals surface area (Å²) in [7, 11) is 0. The molecule has 5 nitrogen and oxygen atoms in total. The molecule has 0 spiro atoms. The number of nitrogens with zero attached hydrogens (tertiary/aromatic N) is 3. The molecule has 1 N–H and O–H groups in total. The van der Waals surface area contributed by atoms with Gasteiger partial charge in [-0.05, 0) is 43.7 Å². The summed E-state index contributed by atoms with van der Waals surface area (Å²) in [6.07, 6.45) is 5.49. The van der Waals surface area contributed by atoms with E-state index in [2.05, 4.69) is 25.6 Å². The van der Waals surface area contributed by atoms with E-state index < -0.39 is 0 Å². The molecule has 3 heterocycles. The molecule has 6 heteroatoms. The second-order valence-corrected chi connectivity index (χ2v) is 6.65. The van der Waals surface area contributed by atoms with E-state index >= 15 is 0 Å². The second kappa shape index (κ2) is 6.14. The quantitative estimate of drug-likeness (QED) is 0.609. The Kier molecular flexibility index (Phi) is 3.82. The zero-order chi connectivity index (χ0) is 17.4. The molecule has 0 aliphatic heterocycles. The number of aromatic nitrogens is 4.